The molecule has 0 amide bonds. The van der Waals surface area contributed by atoms with Crippen molar-refractivity contribution in [2.24, 2.45) is 0 Å². The second-order valence-corrected chi connectivity index (χ2v) is 3.71. The first-order valence-electron chi connectivity index (χ1n) is 4.25. The quantitative estimate of drug-likeness (QED) is 0.774. The van der Waals surface area contributed by atoms with Gasteiger partial charge >= 0.3 is 12.4 Å². The topological polar surface area (TPSA) is 20.2 Å². The number of hydrogen-bond acceptors (Lipinski definition) is 1. The van der Waals surface area contributed by atoms with Gasteiger partial charge in [-0.25, -0.2) is 4.39 Å². The summed E-state index contributed by atoms with van der Waals surface area (Å²) in [6.07, 6.45) is -13.7. The van der Waals surface area contributed by atoms with Gasteiger partial charge in [0.1, 0.15) is 5.82 Å². The van der Waals surface area contributed by atoms with E-state index >= 15 is 0 Å². The van der Waals surface area contributed by atoms with Crippen molar-refractivity contribution >= 4 is 11.6 Å². The van der Waals surface area contributed by atoms with Gasteiger partial charge in [0.2, 0.25) is 0 Å². The lowest BCUT2D eigenvalue weighted by Gasteiger charge is -2.18. The van der Waals surface area contributed by atoms with Gasteiger partial charge in [0.25, 0.3) is 0 Å². The molecule has 102 valence electrons. The second-order valence-electron chi connectivity index (χ2n) is 3.30. The molecular formula is C9H4ClF7O. The molecule has 0 aliphatic heterocycles. The smallest absolute Gasteiger partial charge is 0.379 e. The highest BCUT2D eigenvalue weighted by Crippen LogP contribution is 2.39. The molecule has 0 heterocycles. The fourth-order valence-electron chi connectivity index (χ4n) is 1.15. The van der Waals surface area contributed by atoms with Crippen LogP contribution in [0.4, 0.5) is 30.7 Å². The van der Waals surface area contributed by atoms with Crippen LogP contribution < -0.4 is 0 Å². The van der Waals surface area contributed by atoms with Crippen LogP contribution in [0.15, 0.2) is 12.1 Å². The molecule has 1 unspecified atom stereocenters. The summed E-state index contributed by atoms with van der Waals surface area (Å²) in [6, 6.07) is 0.0167. The molecule has 1 nitrogen and oxygen atoms in total. The zero-order valence-corrected chi connectivity index (χ0v) is 8.96. The molecule has 0 aromatic heterocycles. The minimum atomic E-state index is -5.30. The summed E-state index contributed by atoms with van der Waals surface area (Å²) in [6.45, 7) is 0. The molecule has 9 heteroatoms. The Morgan fingerprint density at radius 1 is 1.06 bits per heavy atom. The summed E-state index contributed by atoms with van der Waals surface area (Å²) in [4.78, 5) is 0. The SMILES string of the molecule is OC(c1cc(C(F)(F)F)cc(Cl)c1F)C(F)(F)F. The molecule has 0 spiro atoms. The summed E-state index contributed by atoms with van der Waals surface area (Å²) in [7, 11) is 0. The molecule has 1 aromatic rings. The molecule has 0 saturated carbocycles. The first kappa shape index (κ1) is 15.0. The van der Waals surface area contributed by atoms with Crippen molar-refractivity contribution in [2.45, 2.75) is 18.5 Å². The Morgan fingerprint density at radius 3 is 1.94 bits per heavy atom. The van der Waals surface area contributed by atoms with Crippen LogP contribution >= 0.6 is 11.6 Å². The minimum absolute atomic E-state index is 0.126. The highest BCUT2D eigenvalue weighted by Gasteiger charge is 2.43. The van der Waals surface area contributed by atoms with Crippen LogP contribution in [0, 0.1) is 5.82 Å². The highest BCUT2D eigenvalue weighted by atomic mass is 35.5. The maximum atomic E-state index is 13.2. The van der Waals surface area contributed by atoms with E-state index in [1.54, 1.807) is 0 Å². The Balaban J connectivity index is 3.41. The average molecular weight is 297 g/mol. The predicted molar refractivity (Wildman–Crippen MR) is 47.4 cm³/mol. The fourth-order valence-corrected chi connectivity index (χ4v) is 1.38. The van der Waals surface area contributed by atoms with E-state index in [9.17, 15) is 30.7 Å². The molecule has 0 radical (unpaired) electrons. The number of halogens is 8. The lowest BCUT2D eigenvalue weighted by molar-refractivity contribution is -0.207. The van der Waals surface area contributed by atoms with Gasteiger partial charge in [0.05, 0.1) is 10.6 Å². The molecular weight excluding hydrogens is 293 g/mol. The number of rotatable bonds is 1. The molecule has 1 N–H and O–H groups in total. The van der Waals surface area contributed by atoms with Crippen LogP contribution in [-0.2, 0) is 6.18 Å². The Hall–Kier alpha value is -1.02. The Labute approximate surface area is 101 Å². The van der Waals surface area contributed by atoms with Crippen molar-refractivity contribution < 1.29 is 35.8 Å². The van der Waals surface area contributed by atoms with E-state index < -0.39 is 40.4 Å². The van der Waals surface area contributed by atoms with Gasteiger partial charge in [0, 0.05) is 5.56 Å². The van der Waals surface area contributed by atoms with Crippen molar-refractivity contribution in [2.75, 3.05) is 0 Å². The largest absolute Gasteiger partial charge is 0.418 e. The molecule has 0 bridgehead atoms. The van der Waals surface area contributed by atoms with Crippen molar-refractivity contribution in [3.63, 3.8) is 0 Å². The molecule has 1 rings (SSSR count). The highest BCUT2D eigenvalue weighted by molar-refractivity contribution is 6.30. The van der Waals surface area contributed by atoms with E-state index in [4.69, 9.17) is 16.7 Å². The third-order valence-electron chi connectivity index (χ3n) is 1.99. The molecule has 18 heavy (non-hydrogen) atoms. The summed E-state index contributed by atoms with van der Waals surface area (Å²) in [5.41, 5.74) is -3.14. The van der Waals surface area contributed by atoms with Crippen LogP contribution in [0.25, 0.3) is 0 Å². The van der Waals surface area contributed by atoms with Crippen molar-refractivity contribution in [1.29, 1.82) is 0 Å². The fraction of sp³-hybridized carbons (Fsp3) is 0.333. The third-order valence-corrected chi connectivity index (χ3v) is 2.26. The maximum absolute atomic E-state index is 13.2. The van der Waals surface area contributed by atoms with Gasteiger partial charge in [-0.1, -0.05) is 11.6 Å². The number of alkyl halides is 6. The number of aliphatic hydroxyl groups excluding tert-OH is 1. The van der Waals surface area contributed by atoms with E-state index in [2.05, 4.69) is 0 Å². The lowest BCUT2D eigenvalue weighted by Crippen LogP contribution is -2.22. The van der Waals surface area contributed by atoms with E-state index in [1.807, 2.05) is 0 Å². The van der Waals surface area contributed by atoms with Gasteiger partial charge in [-0.15, -0.1) is 0 Å². The minimum Gasteiger partial charge on any atom is -0.379 e. The Morgan fingerprint density at radius 2 is 1.56 bits per heavy atom. The Kier molecular flexibility index (Phi) is 3.83. The number of benzene rings is 1. The zero-order chi connectivity index (χ0) is 14.3. The van der Waals surface area contributed by atoms with E-state index in [0.717, 1.165) is 0 Å². The first-order chi connectivity index (χ1) is 7.94. The van der Waals surface area contributed by atoms with E-state index in [-0.39, 0.29) is 12.1 Å². The molecule has 1 atom stereocenters. The zero-order valence-electron chi connectivity index (χ0n) is 8.20. The molecule has 0 fully saturated rings. The van der Waals surface area contributed by atoms with Crippen molar-refractivity contribution in [3.05, 3.63) is 34.1 Å². The normalized spacial score (nSPS) is 14.7. The predicted octanol–water partition coefficient (Wildman–Crippen LogP) is 4.09. The molecule has 0 aliphatic carbocycles. The second kappa shape index (κ2) is 4.58. The summed E-state index contributed by atoms with van der Waals surface area (Å²) < 4.78 is 86.5. The van der Waals surface area contributed by atoms with Gasteiger partial charge in [0.15, 0.2) is 6.10 Å². The monoisotopic (exact) mass is 296 g/mol. The molecule has 1 aromatic carbocycles. The van der Waals surface area contributed by atoms with Crippen LogP contribution in [0.3, 0.4) is 0 Å². The van der Waals surface area contributed by atoms with Gasteiger partial charge in [-0.05, 0) is 12.1 Å². The Bertz CT molecular complexity index is 451. The standard InChI is InChI=1S/C9H4ClF7O/c10-5-2-3(8(12,13)14)1-4(6(5)11)7(18)9(15,16)17/h1-2,7,18H. The van der Waals surface area contributed by atoms with Crippen LogP contribution in [0.2, 0.25) is 5.02 Å². The van der Waals surface area contributed by atoms with Crippen LogP contribution in [-0.4, -0.2) is 11.3 Å². The summed E-state index contributed by atoms with van der Waals surface area (Å²) >= 11 is 5.07. The summed E-state index contributed by atoms with van der Waals surface area (Å²) in [5, 5.41) is 7.61. The van der Waals surface area contributed by atoms with Crippen molar-refractivity contribution in [1.82, 2.24) is 0 Å². The third kappa shape index (κ3) is 3.05. The van der Waals surface area contributed by atoms with Crippen molar-refractivity contribution in [3.8, 4) is 0 Å². The van der Waals surface area contributed by atoms with Gasteiger partial charge < -0.3 is 5.11 Å². The molecule has 0 aliphatic rings. The van der Waals surface area contributed by atoms with Crippen LogP contribution in [0.5, 0.6) is 0 Å². The number of aliphatic hydroxyl groups is 1. The molecule has 0 saturated heterocycles. The summed E-state index contributed by atoms with van der Waals surface area (Å²) in [5.74, 6) is -1.74. The van der Waals surface area contributed by atoms with Gasteiger partial charge in [-0.2, -0.15) is 26.3 Å². The van der Waals surface area contributed by atoms with Crippen LogP contribution in [0.1, 0.15) is 17.2 Å². The van der Waals surface area contributed by atoms with E-state index in [0.29, 0.717) is 0 Å². The maximum Gasteiger partial charge on any atom is 0.418 e. The number of hydrogen-bond donors (Lipinski definition) is 1. The first-order valence-corrected chi connectivity index (χ1v) is 4.63. The lowest BCUT2D eigenvalue weighted by atomic mass is 10.0. The van der Waals surface area contributed by atoms with Gasteiger partial charge in [-0.3, -0.25) is 0 Å². The average Bonchev–Trinajstić information content (AvgIpc) is 2.17. The van der Waals surface area contributed by atoms with E-state index in [1.165, 1.54) is 0 Å².